The molecular weight excluding hydrogens is 250 g/mol. The number of methoxy groups -OCH3 is 1. The summed E-state index contributed by atoms with van der Waals surface area (Å²) < 4.78 is 29.4. The second kappa shape index (κ2) is 5.01. The number of nitrogens with one attached hydrogen (secondary N) is 1. The van der Waals surface area contributed by atoms with Gasteiger partial charge in [-0.2, -0.15) is 0 Å². The van der Waals surface area contributed by atoms with Crippen LogP contribution in [0, 0.1) is 5.41 Å². The zero-order chi connectivity index (χ0) is 13.1. The van der Waals surface area contributed by atoms with Crippen LogP contribution in [-0.4, -0.2) is 44.9 Å². The number of esters is 1. The van der Waals surface area contributed by atoms with Gasteiger partial charge in [0.25, 0.3) is 0 Å². The molecule has 1 aliphatic carbocycles. The maximum absolute atomic E-state index is 11.4. The standard InChI is InChI=1S/C9H15NO6S/c1-16-7(11)2-5-17(14,15)10-6-9(3-4-9)8(12)13/h10H,2-6H2,1H3,(H,12,13). The summed E-state index contributed by atoms with van der Waals surface area (Å²) in [7, 11) is -2.45. The first-order valence-corrected chi connectivity index (χ1v) is 6.74. The number of sulfonamides is 1. The summed E-state index contributed by atoms with van der Waals surface area (Å²) in [6, 6.07) is 0. The third kappa shape index (κ3) is 3.97. The van der Waals surface area contributed by atoms with Gasteiger partial charge in [0.15, 0.2) is 0 Å². The maximum atomic E-state index is 11.4. The molecule has 0 amide bonds. The number of ether oxygens (including phenoxy) is 1. The monoisotopic (exact) mass is 265 g/mol. The molecule has 2 N–H and O–H groups in total. The van der Waals surface area contributed by atoms with Crippen LogP contribution in [0.2, 0.25) is 0 Å². The summed E-state index contributed by atoms with van der Waals surface area (Å²) in [6.07, 6.45) is 0.704. The molecule has 17 heavy (non-hydrogen) atoms. The topological polar surface area (TPSA) is 110 Å². The van der Waals surface area contributed by atoms with Gasteiger partial charge in [0.1, 0.15) is 0 Å². The summed E-state index contributed by atoms with van der Waals surface area (Å²) in [5.41, 5.74) is -0.946. The zero-order valence-corrected chi connectivity index (χ0v) is 10.2. The number of carboxylic acids is 1. The minimum absolute atomic E-state index is 0.119. The van der Waals surface area contributed by atoms with Gasteiger partial charge in [0.2, 0.25) is 10.0 Å². The fraction of sp³-hybridized carbons (Fsp3) is 0.778. The Morgan fingerprint density at radius 3 is 2.41 bits per heavy atom. The van der Waals surface area contributed by atoms with Crippen LogP contribution < -0.4 is 4.72 Å². The summed E-state index contributed by atoms with van der Waals surface area (Å²) >= 11 is 0. The number of hydrogen-bond acceptors (Lipinski definition) is 5. The third-order valence-corrected chi connectivity index (χ3v) is 4.07. The van der Waals surface area contributed by atoms with Gasteiger partial charge < -0.3 is 9.84 Å². The van der Waals surface area contributed by atoms with Crippen molar-refractivity contribution < 1.29 is 27.9 Å². The molecular formula is C9H15NO6S. The van der Waals surface area contributed by atoms with Gasteiger partial charge in [-0.05, 0) is 12.8 Å². The largest absolute Gasteiger partial charge is 0.481 e. The Morgan fingerprint density at radius 2 is 2.00 bits per heavy atom. The Hall–Kier alpha value is -1.15. The Labute approximate surface area is 99.2 Å². The molecule has 0 spiro atoms. The average Bonchev–Trinajstić information content (AvgIpc) is 3.04. The van der Waals surface area contributed by atoms with E-state index in [1.54, 1.807) is 0 Å². The highest BCUT2D eigenvalue weighted by atomic mass is 32.2. The molecule has 1 rings (SSSR count). The van der Waals surface area contributed by atoms with Crippen LogP contribution in [0.25, 0.3) is 0 Å². The first-order valence-electron chi connectivity index (χ1n) is 5.09. The van der Waals surface area contributed by atoms with Crippen LogP contribution in [0.3, 0.4) is 0 Å². The number of carboxylic acid groups (broad SMARTS) is 1. The van der Waals surface area contributed by atoms with Crippen molar-refractivity contribution in [2.24, 2.45) is 5.41 Å². The molecule has 1 aliphatic rings. The summed E-state index contributed by atoms with van der Waals surface area (Å²) in [5.74, 6) is -2.00. The lowest BCUT2D eigenvalue weighted by atomic mass is 10.1. The van der Waals surface area contributed by atoms with Gasteiger partial charge >= 0.3 is 11.9 Å². The van der Waals surface area contributed by atoms with Gasteiger partial charge in [0.05, 0.1) is 24.7 Å². The van der Waals surface area contributed by atoms with Crippen molar-refractivity contribution in [1.82, 2.24) is 4.72 Å². The summed E-state index contributed by atoms with van der Waals surface area (Å²) in [6.45, 7) is -0.119. The van der Waals surface area contributed by atoms with Gasteiger partial charge in [-0.15, -0.1) is 0 Å². The van der Waals surface area contributed by atoms with Crippen molar-refractivity contribution in [3.63, 3.8) is 0 Å². The molecule has 0 bridgehead atoms. The van der Waals surface area contributed by atoms with Crippen LogP contribution in [0.5, 0.6) is 0 Å². The van der Waals surface area contributed by atoms with Gasteiger partial charge in [-0.3, -0.25) is 9.59 Å². The third-order valence-electron chi connectivity index (χ3n) is 2.74. The SMILES string of the molecule is COC(=O)CCS(=O)(=O)NCC1(C(=O)O)CC1. The van der Waals surface area contributed by atoms with E-state index in [0.717, 1.165) is 0 Å². The Kier molecular flexibility index (Phi) is 4.10. The van der Waals surface area contributed by atoms with Crippen molar-refractivity contribution in [3.05, 3.63) is 0 Å². The molecule has 1 fully saturated rings. The molecule has 1 saturated carbocycles. The van der Waals surface area contributed by atoms with Crippen molar-refractivity contribution in [2.45, 2.75) is 19.3 Å². The number of aliphatic carboxylic acids is 1. The van der Waals surface area contributed by atoms with Gasteiger partial charge in [0, 0.05) is 6.54 Å². The normalized spacial score (nSPS) is 17.5. The highest BCUT2D eigenvalue weighted by molar-refractivity contribution is 7.89. The predicted molar refractivity (Wildman–Crippen MR) is 57.7 cm³/mol. The second-order valence-electron chi connectivity index (χ2n) is 4.05. The molecule has 7 nitrogen and oxygen atoms in total. The highest BCUT2D eigenvalue weighted by Crippen LogP contribution is 2.45. The van der Waals surface area contributed by atoms with Crippen molar-refractivity contribution in [3.8, 4) is 0 Å². The van der Waals surface area contributed by atoms with E-state index in [4.69, 9.17) is 5.11 Å². The van der Waals surface area contributed by atoms with Crippen molar-refractivity contribution in [1.29, 1.82) is 0 Å². The fourth-order valence-corrected chi connectivity index (χ4v) is 2.33. The Bertz CT molecular complexity index is 411. The first kappa shape index (κ1) is 13.9. The Morgan fingerprint density at radius 1 is 1.41 bits per heavy atom. The molecule has 0 saturated heterocycles. The molecule has 8 heteroatoms. The van der Waals surface area contributed by atoms with E-state index in [1.165, 1.54) is 7.11 Å². The second-order valence-corrected chi connectivity index (χ2v) is 5.98. The average molecular weight is 265 g/mol. The molecule has 0 aromatic rings. The molecule has 98 valence electrons. The molecule has 0 atom stereocenters. The Balaban J connectivity index is 2.40. The van der Waals surface area contributed by atoms with E-state index >= 15 is 0 Å². The van der Waals surface area contributed by atoms with Gasteiger partial charge in [-0.25, -0.2) is 13.1 Å². The quantitative estimate of drug-likeness (QED) is 0.591. The van der Waals surface area contributed by atoms with E-state index in [1.807, 2.05) is 0 Å². The van der Waals surface area contributed by atoms with E-state index in [0.29, 0.717) is 12.8 Å². The van der Waals surface area contributed by atoms with Crippen molar-refractivity contribution >= 4 is 22.0 Å². The lowest BCUT2D eigenvalue weighted by Crippen LogP contribution is -2.36. The molecule has 0 aromatic heterocycles. The lowest BCUT2D eigenvalue weighted by Gasteiger charge is -2.11. The molecule has 0 aliphatic heterocycles. The summed E-state index contributed by atoms with van der Waals surface area (Å²) in [4.78, 5) is 21.6. The van der Waals surface area contributed by atoms with Gasteiger partial charge in [-0.1, -0.05) is 0 Å². The van der Waals surface area contributed by atoms with E-state index < -0.39 is 33.1 Å². The fourth-order valence-electron chi connectivity index (χ4n) is 1.26. The van der Waals surface area contributed by atoms with E-state index in [-0.39, 0.29) is 13.0 Å². The number of rotatable bonds is 7. The van der Waals surface area contributed by atoms with Crippen LogP contribution in [0.4, 0.5) is 0 Å². The van der Waals surface area contributed by atoms with Crippen LogP contribution in [-0.2, 0) is 24.3 Å². The smallest absolute Gasteiger partial charge is 0.310 e. The number of carbonyl (C=O) groups excluding carboxylic acids is 1. The summed E-state index contributed by atoms with van der Waals surface area (Å²) in [5, 5.41) is 8.85. The van der Waals surface area contributed by atoms with Crippen LogP contribution >= 0.6 is 0 Å². The number of hydrogen-bond donors (Lipinski definition) is 2. The zero-order valence-electron chi connectivity index (χ0n) is 9.43. The van der Waals surface area contributed by atoms with E-state index in [2.05, 4.69) is 9.46 Å². The minimum atomic E-state index is -3.63. The van der Waals surface area contributed by atoms with Crippen LogP contribution in [0.15, 0.2) is 0 Å². The molecule has 0 radical (unpaired) electrons. The maximum Gasteiger partial charge on any atom is 0.310 e. The molecule has 0 heterocycles. The first-order chi connectivity index (χ1) is 7.81. The van der Waals surface area contributed by atoms with E-state index in [9.17, 15) is 18.0 Å². The molecule has 0 aromatic carbocycles. The molecule has 0 unspecified atom stereocenters. The minimum Gasteiger partial charge on any atom is -0.481 e. The predicted octanol–water partition coefficient (Wildman–Crippen LogP) is -0.666. The lowest BCUT2D eigenvalue weighted by molar-refractivity contribution is -0.143. The van der Waals surface area contributed by atoms with Crippen LogP contribution in [0.1, 0.15) is 19.3 Å². The van der Waals surface area contributed by atoms with Crippen molar-refractivity contribution in [2.75, 3.05) is 19.4 Å². The number of carbonyl (C=O) groups is 2. The highest BCUT2D eigenvalue weighted by Gasteiger charge is 2.50.